The third-order valence-electron chi connectivity index (χ3n) is 0. The number of rotatable bonds is 0. The molecule has 0 aliphatic rings. The van der Waals surface area contributed by atoms with Crippen LogP contribution in [-0.4, -0.2) is 5.48 Å². The van der Waals surface area contributed by atoms with Crippen molar-refractivity contribution in [1.82, 2.24) is 0 Å². The van der Waals surface area contributed by atoms with Gasteiger partial charge >= 0.3 is 29.6 Å². The molecule has 0 aliphatic carbocycles. The topological polar surface area (TPSA) is 30.0 Å². The zero-order valence-corrected chi connectivity index (χ0v) is 5.45. The number of hydrogen-bond acceptors (Lipinski definition) is 1. The first-order valence-electron chi connectivity index (χ1n) is 1.00. The van der Waals surface area contributed by atoms with Crippen molar-refractivity contribution in [3.63, 3.8) is 0 Å². The first-order valence-corrected chi connectivity index (χ1v) is 1.00. The maximum Gasteiger partial charge on any atom is 1.00 e. The van der Waals surface area contributed by atoms with Crippen LogP contribution in [0.5, 0.6) is 0 Å². The third-order valence-corrected chi connectivity index (χ3v) is 0. The van der Waals surface area contributed by atoms with Gasteiger partial charge in [-0.2, -0.15) is 0 Å². The molecule has 0 unspecified atom stereocenters. The van der Waals surface area contributed by atoms with E-state index in [1.54, 1.807) is 0 Å². The molecular formula is C3H11NaO. The molecule has 0 aromatic rings. The molecule has 5 heavy (non-hydrogen) atoms. The third kappa shape index (κ3) is 47.2. The van der Waals surface area contributed by atoms with Gasteiger partial charge < -0.3 is 5.48 Å². The summed E-state index contributed by atoms with van der Waals surface area (Å²) in [6.07, 6.45) is 0. The normalized spacial score (nSPS) is 1.20. The van der Waals surface area contributed by atoms with Gasteiger partial charge in [0.05, 0.1) is 0 Å². The molecule has 0 aliphatic heterocycles. The molecule has 0 spiro atoms. The Morgan fingerprint density at radius 1 is 1.00 bits per heavy atom. The molecule has 0 aromatic carbocycles. The molecule has 0 aromatic heterocycles. The van der Waals surface area contributed by atoms with Gasteiger partial charge in [0.2, 0.25) is 0 Å². The Morgan fingerprint density at radius 3 is 1.00 bits per heavy atom. The Kier molecular flexibility index (Phi) is 644. The van der Waals surface area contributed by atoms with Crippen LogP contribution in [0.1, 0.15) is 21.3 Å². The van der Waals surface area contributed by atoms with Crippen LogP contribution in [0, 0.1) is 0 Å². The smallest absolute Gasteiger partial charge is 0.870 e. The summed E-state index contributed by atoms with van der Waals surface area (Å²) < 4.78 is 0. The monoisotopic (exact) mass is 86.1 g/mol. The molecule has 1 N–H and O–H groups in total. The average molecular weight is 86.1 g/mol. The van der Waals surface area contributed by atoms with E-state index >= 15 is 0 Å². The van der Waals surface area contributed by atoms with Crippen molar-refractivity contribution in [3.8, 4) is 0 Å². The van der Waals surface area contributed by atoms with E-state index in [1.165, 1.54) is 0 Å². The summed E-state index contributed by atoms with van der Waals surface area (Å²) >= 11 is 0. The summed E-state index contributed by atoms with van der Waals surface area (Å²) in [7, 11) is 0. The Morgan fingerprint density at radius 2 is 1.00 bits per heavy atom. The summed E-state index contributed by atoms with van der Waals surface area (Å²) in [6, 6.07) is 0. The van der Waals surface area contributed by atoms with Crippen molar-refractivity contribution in [2.75, 3.05) is 0 Å². The summed E-state index contributed by atoms with van der Waals surface area (Å²) in [5.41, 5.74) is 0. The van der Waals surface area contributed by atoms with Crippen LogP contribution < -0.4 is 29.6 Å². The van der Waals surface area contributed by atoms with Crippen molar-refractivity contribution in [3.05, 3.63) is 0 Å². The Bertz CT molecular complexity index is 6.85. The largest absolute Gasteiger partial charge is 1.00 e. The van der Waals surface area contributed by atoms with Crippen LogP contribution in [0.4, 0.5) is 0 Å². The molecule has 0 fully saturated rings. The van der Waals surface area contributed by atoms with E-state index in [2.05, 4.69) is 0 Å². The van der Waals surface area contributed by atoms with Crippen molar-refractivity contribution in [2.45, 2.75) is 21.3 Å². The van der Waals surface area contributed by atoms with Crippen molar-refractivity contribution < 1.29 is 35.0 Å². The van der Waals surface area contributed by atoms with Gasteiger partial charge in [-0.1, -0.05) is 21.3 Å². The standard InChI is InChI=1S/C2H6.CH4.Na.H2O/c1-2;;;/h1-2H3;1H4;;1H2/q;;+1;/p-1. The molecule has 0 atom stereocenters. The van der Waals surface area contributed by atoms with Crippen LogP contribution >= 0.6 is 0 Å². The van der Waals surface area contributed by atoms with E-state index in [1.807, 2.05) is 13.8 Å². The molecule has 0 amide bonds. The van der Waals surface area contributed by atoms with Crippen molar-refractivity contribution in [1.29, 1.82) is 0 Å². The fourth-order valence-corrected chi connectivity index (χ4v) is 0. The number of hydrogen-bond donors (Lipinski definition) is 0. The van der Waals surface area contributed by atoms with E-state index in [4.69, 9.17) is 0 Å². The molecular weight excluding hydrogens is 75.0 g/mol. The molecule has 0 bridgehead atoms. The van der Waals surface area contributed by atoms with Gasteiger partial charge in [0.25, 0.3) is 0 Å². The molecule has 0 heterocycles. The predicted octanol–water partition coefficient (Wildman–Crippen LogP) is -1.51. The van der Waals surface area contributed by atoms with E-state index < -0.39 is 0 Å². The van der Waals surface area contributed by atoms with E-state index in [-0.39, 0.29) is 42.5 Å². The van der Waals surface area contributed by atoms with Crippen LogP contribution in [0.25, 0.3) is 0 Å². The predicted molar refractivity (Wildman–Crippen MR) is 20.0 cm³/mol. The molecule has 0 rings (SSSR count). The van der Waals surface area contributed by atoms with Gasteiger partial charge in [0, 0.05) is 0 Å². The average Bonchev–Trinajstić information content (AvgIpc) is 1.00. The van der Waals surface area contributed by atoms with Gasteiger partial charge in [0.1, 0.15) is 0 Å². The molecule has 0 saturated carbocycles. The van der Waals surface area contributed by atoms with Gasteiger partial charge in [-0.05, 0) is 0 Å². The second-order valence-electron chi connectivity index (χ2n) is 0. The van der Waals surface area contributed by atoms with Gasteiger partial charge in [0.15, 0.2) is 0 Å². The Hall–Kier alpha value is 0.960. The minimum Gasteiger partial charge on any atom is -0.870 e. The van der Waals surface area contributed by atoms with E-state index in [0.717, 1.165) is 0 Å². The zero-order chi connectivity index (χ0) is 2.00. The molecule has 2 heteroatoms. The molecule has 0 saturated heterocycles. The van der Waals surface area contributed by atoms with Crippen molar-refractivity contribution >= 4 is 0 Å². The zero-order valence-electron chi connectivity index (χ0n) is 3.45. The maximum absolute atomic E-state index is 2.00. The summed E-state index contributed by atoms with van der Waals surface area (Å²) in [5, 5.41) is 0. The minimum atomic E-state index is 0. The summed E-state index contributed by atoms with van der Waals surface area (Å²) in [6.45, 7) is 4.00. The van der Waals surface area contributed by atoms with Gasteiger partial charge in [-0.3, -0.25) is 0 Å². The maximum atomic E-state index is 2.00. The molecule has 0 radical (unpaired) electrons. The first kappa shape index (κ1) is 38.2. The van der Waals surface area contributed by atoms with Crippen molar-refractivity contribution in [2.24, 2.45) is 0 Å². The first-order chi connectivity index (χ1) is 1.00. The fraction of sp³-hybridized carbons (Fsp3) is 1.00. The van der Waals surface area contributed by atoms with E-state index in [0.29, 0.717) is 0 Å². The quantitative estimate of drug-likeness (QED) is 0.330. The second kappa shape index (κ2) is 84.4. The SMILES string of the molecule is C.CC.[Na+].[OH-]. The van der Waals surface area contributed by atoms with Crippen LogP contribution in [-0.2, 0) is 0 Å². The van der Waals surface area contributed by atoms with Gasteiger partial charge in [-0.25, -0.2) is 0 Å². The minimum absolute atomic E-state index is 0. The summed E-state index contributed by atoms with van der Waals surface area (Å²) in [5.74, 6) is 0. The van der Waals surface area contributed by atoms with Crippen LogP contribution in [0.2, 0.25) is 0 Å². The van der Waals surface area contributed by atoms with E-state index in [9.17, 15) is 0 Å². The van der Waals surface area contributed by atoms with Crippen LogP contribution in [0.15, 0.2) is 0 Å². The second-order valence-corrected chi connectivity index (χ2v) is 0. The van der Waals surface area contributed by atoms with Crippen LogP contribution in [0.3, 0.4) is 0 Å². The Balaban J connectivity index is -0.00000000167. The van der Waals surface area contributed by atoms with Gasteiger partial charge in [-0.15, -0.1) is 0 Å². The summed E-state index contributed by atoms with van der Waals surface area (Å²) in [4.78, 5) is 0. The molecule has 1 nitrogen and oxygen atoms in total. The Labute approximate surface area is 56.4 Å². The fourth-order valence-electron chi connectivity index (χ4n) is 0. The molecule has 30 valence electrons.